The highest BCUT2D eigenvalue weighted by atomic mass is 35.5. The fourth-order valence-corrected chi connectivity index (χ4v) is 3.32. The zero-order chi connectivity index (χ0) is 18.6. The lowest BCUT2D eigenvalue weighted by atomic mass is 10.1. The fraction of sp³-hybridized carbons (Fsp3) is 0.294. The van der Waals surface area contributed by atoms with Gasteiger partial charge in [-0.05, 0) is 42.3 Å². The van der Waals surface area contributed by atoms with E-state index >= 15 is 0 Å². The summed E-state index contributed by atoms with van der Waals surface area (Å²) in [5, 5.41) is 0.221. The molecule has 2 rings (SSSR count). The molecule has 25 heavy (non-hydrogen) atoms. The first-order valence-electron chi connectivity index (χ1n) is 7.60. The summed E-state index contributed by atoms with van der Waals surface area (Å²) in [5.41, 5.74) is 1.23. The van der Waals surface area contributed by atoms with Crippen LogP contribution in [-0.2, 0) is 16.4 Å². The second-order valence-corrected chi connectivity index (χ2v) is 8.32. The minimum Gasteiger partial charge on any atom is -0.341 e. The van der Waals surface area contributed by atoms with Crippen molar-refractivity contribution in [1.82, 2.24) is 14.2 Å². The third kappa shape index (κ3) is 4.56. The molecule has 134 valence electrons. The van der Waals surface area contributed by atoms with E-state index < -0.39 is 10.0 Å². The van der Waals surface area contributed by atoms with Crippen LogP contribution in [0, 0.1) is 0 Å². The number of amides is 1. The number of hydrogen-bond donors (Lipinski definition) is 0. The Morgan fingerprint density at radius 2 is 1.76 bits per heavy atom. The average Bonchev–Trinajstić information content (AvgIpc) is 2.60. The van der Waals surface area contributed by atoms with Crippen LogP contribution in [0.2, 0.25) is 5.02 Å². The second kappa shape index (κ2) is 7.95. The first-order chi connectivity index (χ1) is 11.7. The first-order valence-corrected chi connectivity index (χ1v) is 9.41. The number of carbonyl (C=O) groups is 1. The molecule has 0 aliphatic heterocycles. The molecule has 0 spiro atoms. The molecule has 0 radical (unpaired) electrons. The molecular formula is C17H20ClN3O3S. The van der Waals surface area contributed by atoms with Gasteiger partial charge in [-0.1, -0.05) is 11.6 Å². The molecule has 8 heteroatoms. The molecule has 0 fully saturated rings. The highest BCUT2D eigenvalue weighted by Gasteiger charge is 2.22. The van der Waals surface area contributed by atoms with Gasteiger partial charge < -0.3 is 4.90 Å². The van der Waals surface area contributed by atoms with E-state index in [1.165, 1.54) is 37.2 Å². The first kappa shape index (κ1) is 19.4. The summed E-state index contributed by atoms with van der Waals surface area (Å²) < 4.78 is 25.6. The van der Waals surface area contributed by atoms with E-state index in [9.17, 15) is 13.2 Å². The van der Waals surface area contributed by atoms with E-state index in [0.29, 0.717) is 13.0 Å². The molecule has 0 atom stereocenters. The zero-order valence-electron chi connectivity index (χ0n) is 14.3. The van der Waals surface area contributed by atoms with Gasteiger partial charge in [0, 0.05) is 40.1 Å². The number of benzene rings is 1. The van der Waals surface area contributed by atoms with Gasteiger partial charge in [-0.2, -0.15) is 0 Å². The van der Waals surface area contributed by atoms with Crippen molar-refractivity contribution >= 4 is 27.5 Å². The van der Waals surface area contributed by atoms with Crippen molar-refractivity contribution in [2.75, 3.05) is 27.7 Å². The van der Waals surface area contributed by atoms with Crippen molar-refractivity contribution in [1.29, 1.82) is 0 Å². The molecule has 6 nitrogen and oxygen atoms in total. The summed E-state index contributed by atoms with van der Waals surface area (Å²) in [6.07, 6.45) is 4.06. The van der Waals surface area contributed by atoms with Crippen LogP contribution < -0.4 is 0 Å². The summed E-state index contributed by atoms with van der Waals surface area (Å²) in [6.45, 7) is 0.476. The molecule has 1 aromatic heterocycles. The van der Waals surface area contributed by atoms with Crippen LogP contribution in [-0.4, -0.2) is 56.2 Å². The standard InChI is InChI=1S/C17H20ClN3O3S/c1-20(2)25(23,24)14-4-5-16(18)15(12-14)17(22)21(3)11-8-13-6-9-19-10-7-13/h4-7,9-10,12H,8,11H2,1-3H3. The Labute approximate surface area is 153 Å². The van der Waals surface area contributed by atoms with Crippen LogP contribution >= 0.6 is 11.6 Å². The van der Waals surface area contributed by atoms with Gasteiger partial charge in [0.2, 0.25) is 10.0 Å². The van der Waals surface area contributed by atoms with E-state index in [1.807, 2.05) is 12.1 Å². The highest BCUT2D eigenvalue weighted by molar-refractivity contribution is 7.89. The number of sulfonamides is 1. The fourth-order valence-electron chi connectivity index (χ4n) is 2.19. The van der Waals surface area contributed by atoms with E-state index in [2.05, 4.69) is 4.98 Å². The molecule has 1 amide bonds. The molecule has 0 saturated carbocycles. The van der Waals surface area contributed by atoms with Gasteiger partial charge in [-0.25, -0.2) is 12.7 Å². The maximum Gasteiger partial charge on any atom is 0.255 e. The molecule has 0 aliphatic rings. The largest absolute Gasteiger partial charge is 0.341 e. The summed E-state index contributed by atoms with van der Waals surface area (Å²) >= 11 is 6.12. The highest BCUT2D eigenvalue weighted by Crippen LogP contribution is 2.23. The Bertz CT molecular complexity index is 855. The maximum absolute atomic E-state index is 12.7. The minimum absolute atomic E-state index is 0.0350. The van der Waals surface area contributed by atoms with Crippen molar-refractivity contribution in [3.05, 3.63) is 58.9 Å². The number of hydrogen-bond acceptors (Lipinski definition) is 4. The predicted molar refractivity (Wildman–Crippen MR) is 97.2 cm³/mol. The van der Waals surface area contributed by atoms with Gasteiger partial charge in [-0.3, -0.25) is 9.78 Å². The van der Waals surface area contributed by atoms with Gasteiger partial charge in [0.1, 0.15) is 0 Å². The quantitative estimate of drug-likeness (QED) is 0.769. The number of rotatable bonds is 6. The van der Waals surface area contributed by atoms with Crippen LogP contribution in [0.15, 0.2) is 47.6 Å². The predicted octanol–water partition coefficient (Wildman–Crippen LogP) is 2.30. The van der Waals surface area contributed by atoms with Crippen LogP contribution in [0.25, 0.3) is 0 Å². The van der Waals surface area contributed by atoms with Crippen LogP contribution in [0.1, 0.15) is 15.9 Å². The SMILES string of the molecule is CN(CCc1ccncc1)C(=O)c1cc(S(=O)(=O)N(C)C)ccc1Cl. The van der Waals surface area contributed by atoms with Gasteiger partial charge in [0.25, 0.3) is 5.91 Å². The Morgan fingerprint density at radius 3 is 2.36 bits per heavy atom. The summed E-state index contributed by atoms with van der Waals surface area (Å²) in [6, 6.07) is 7.92. The Morgan fingerprint density at radius 1 is 1.12 bits per heavy atom. The minimum atomic E-state index is -3.63. The van der Waals surface area contributed by atoms with Crippen molar-refractivity contribution < 1.29 is 13.2 Å². The topological polar surface area (TPSA) is 70.6 Å². The summed E-state index contributed by atoms with van der Waals surface area (Å²) in [4.78, 5) is 18.2. The number of nitrogens with zero attached hydrogens (tertiary/aromatic N) is 3. The van der Waals surface area contributed by atoms with E-state index in [0.717, 1.165) is 9.87 Å². The van der Waals surface area contributed by atoms with Crippen LogP contribution in [0.5, 0.6) is 0 Å². The lowest BCUT2D eigenvalue weighted by molar-refractivity contribution is 0.0796. The third-order valence-electron chi connectivity index (χ3n) is 3.78. The molecule has 0 N–H and O–H groups in total. The van der Waals surface area contributed by atoms with E-state index in [1.54, 1.807) is 19.4 Å². The van der Waals surface area contributed by atoms with Gasteiger partial charge in [-0.15, -0.1) is 0 Å². The van der Waals surface area contributed by atoms with E-state index in [4.69, 9.17) is 11.6 Å². The zero-order valence-corrected chi connectivity index (χ0v) is 15.9. The summed E-state index contributed by atoms with van der Waals surface area (Å²) in [7, 11) is 0.900. The molecule has 1 heterocycles. The van der Waals surface area contributed by atoms with Crippen molar-refractivity contribution in [2.24, 2.45) is 0 Å². The molecule has 1 aromatic carbocycles. The normalized spacial score (nSPS) is 11.6. The van der Waals surface area contributed by atoms with E-state index in [-0.39, 0.29) is 21.4 Å². The second-order valence-electron chi connectivity index (χ2n) is 5.76. The molecular weight excluding hydrogens is 362 g/mol. The molecule has 0 bridgehead atoms. The Kier molecular flexibility index (Phi) is 6.16. The van der Waals surface area contributed by atoms with Crippen molar-refractivity contribution in [2.45, 2.75) is 11.3 Å². The van der Waals surface area contributed by atoms with Crippen LogP contribution in [0.3, 0.4) is 0 Å². The van der Waals surface area contributed by atoms with Crippen molar-refractivity contribution in [3.8, 4) is 0 Å². The number of likely N-dealkylation sites (N-methyl/N-ethyl adjacent to an activating group) is 1. The lowest BCUT2D eigenvalue weighted by Gasteiger charge is -2.19. The maximum atomic E-state index is 12.7. The van der Waals surface area contributed by atoms with Gasteiger partial charge in [0.05, 0.1) is 15.5 Å². The molecule has 0 saturated heterocycles. The number of pyridine rings is 1. The third-order valence-corrected chi connectivity index (χ3v) is 5.92. The van der Waals surface area contributed by atoms with Crippen LogP contribution in [0.4, 0.5) is 0 Å². The molecule has 2 aromatic rings. The monoisotopic (exact) mass is 381 g/mol. The van der Waals surface area contributed by atoms with Crippen molar-refractivity contribution in [3.63, 3.8) is 0 Å². The Balaban J connectivity index is 2.20. The van der Waals surface area contributed by atoms with Gasteiger partial charge >= 0.3 is 0 Å². The average molecular weight is 382 g/mol. The molecule has 0 aliphatic carbocycles. The number of halogens is 1. The van der Waals surface area contributed by atoms with Gasteiger partial charge in [0.15, 0.2) is 0 Å². The number of aromatic nitrogens is 1. The molecule has 0 unspecified atom stereocenters. The number of carbonyl (C=O) groups excluding carboxylic acids is 1. The lowest BCUT2D eigenvalue weighted by Crippen LogP contribution is -2.29. The Hall–Kier alpha value is -1.96. The smallest absolute Gasteiger partial charge is 0.255 e. The summed E-state index contributed by atoms with van der Waals surface area (Å²) in [5.74, 6) is -0.324.